The van der Waals surface area contributed by atoms with Gasteiger partial charge in [0.05, 0.1) is 17.2 Å². The highest BCUT2D eigenvalue weighted by Crippen LogP contribution is 2.29. The Morgan fingerprint density at radius 2 is 2.07 bits per heavy atom. The van der Waals surface area contributed by atoms with Gasteiger partial charge in [0.15, 0.2) is 0 Å². The van der Waals surface area contributed by atoms with E-state index < -0.39 is 0 Å². The molecule has 1 atom stereocenters. The summed E-state index contributed by atoms with van der Waals surface area (Å²) in [5.41, 5.74) is 1.15. The maximum absolute atomic E-state index is 12.8. The van der Waals surface area contributed by atoms with E-state index >= 15 is 0 Å². The van der Waals surface area contributed by atoms with E-state index in [0.717, 1.165) is 16.9 Å². The summed E-state index contributed by atoms with van der Waals surface area (Å²) in [5, 5.41) is 11.1. The molecule has 3 rings (SSSR count). The number of thioether (sulfide) groups is 1. The van der Waals surface area contributed by atoms with Crippen molar-refractivity contribution in [2.45, 2.75) is 32.1 Å². The minimum absolute atomic E-state index is 0.0727. The summed E-state index contributed by atoms with van der Waals surface area (Å²) >= 11 is 9.10. The van der Waals surface area contributed by atoms with Crippen LogP contribution in [0.2, 0.25) is 5.02 Å². The van der Waals surface area contributed by atoms with Crippen molar-refractivity contribution in [3.63, 3.8) is 0 Å². The second-order valence-electron chi connectivity index (χ2n) is 6.30. The Labute approximate surface area is 178 Å². The maximum atomic E-state index is 12.8. The SMILES string of the molecule is CCCN(Cc1nnc(-c2cccs2)o1)C(=O)CSC(C)c1ccc(Cl)cc1. The Balaban J connectivity index is 1.58. The fourth-order valence-electron chi connectivity index (χ4n) is 2.66. The van der Waals surface area contributed by atoms with Crippen molar-refractivity contribution in [2.75, 3.05) is 12.3 Å². The minimum Gasteiger partial charge on any atom is -0.418 e. The summed E-state index contributed by atoms with van der Waals surface area (Å²) in [6.07, 6.45) is 0.870. The monoisotopic (exact) mass is 435 g/mol. The van der Waals surface area contributed by atoms with Gasteiger partial charge in [0, 0.05) is 16.8 Å². The van der Waals surface area contributed by atoms with E-state index in [-0.39, 0.29) is 11.2 Å². The van der Waals surface area contributed by atoms with Crippen LogP contribution in [-0.2, 0) is 11.3 Å². The second kappa shape index (κ2) is 10.1. The highest BCUT2D eigenvalue weighted by atomic mass is 35.5. The number of halogens is 1. The van der Waals surface area contributed by atoms with Gasteiger partial charge in [-0.1, -0.05) is 36.7 Å². The molecule has 8 heteroatoms. The number of rotatable bonds is 9. The van der Waals surface area contributed by atoms with Gasteiger partial charge in [-0.05, 0) is 42.5 Å². The third-order valence-electron chi connectivity index (χ3n) is 4.17. The lowest BCUT2D eigenvalue weighted by molar-refractivity contribution is -0.129. The van der Waals surface area contributed by atoms with Crippen LogP contribution in [0.1, 0.15) is 37.0 Å². The van der Waals surface area contributed by atoms with Crippen LogP contribution in [-0.4, -0.2) is 33.3 Å². The summed E-state index contributed by atoms with van der Waals surface area (Å²) in [6, 6.07) is 11.6. The van der Waals surface area contributed by atoms with Crippen LogP contribution in [0.3, 0.4) is 0 Å². The van der Waals surface area contributed by atoms with E-state index in [0.29, 0.717) is 35.6 Å². The highest BCUT2D eigenvalue weighted by molar-refractivity contribution is 8.00. The molecule has 1 aromatic carbocycles. The topological polar surface area (TPSA) is 59.2 Å². The first kappa shape index (κ1) is 20.9. The Kier molecular flexibility index (Phi) is 7.53. The van der Waals surface area contributed by atoms with Crippen LogP contribution in [0.15, 0.2) is 46.2 Å². The number of thiophene rings is 1. The molecule has 2 aromatic heterocycles. The van der Waals surface area contributed by atoms with Gasteiger partial charge < -0.3 is 9.32 Å². The summed E-state index contributed by atoms with van der Waals surface area (Å²) in [5.74, 6) is 1.43. The zero-order valence-corrected chi connectivity index (χ0v) is 18.2. The van der Waals surface area contributed by atoms with E-state index in [9.17, 15) is 4.79 Å². The number of hydrogen-bond acceptors (Lipinski definition) is 6. The summed E-state index contributed by atoms with van der Waals surface area (Å²) in [4.78, 5) is 15.5. The largest absolute Gasteiger partial charge is 0.418 e. The molecular formula is C20H22ClN3O2S2. The van der Waals surface area contributed by atoms with Gasteiger partial charge in [-0.2, -0.15) is 0 Å². The molecule has 0 spiro atoms. The van der Waals surface area contributed by atoms with Gasteiger partial charge in [0.25, 0.3) is 5.89 Å². The molecule has 2 heterocycles. The van der Waals surface area contributed by atoms with Crippen LogP contribution >= 0.6 is 34.7 Å². The molecule has 148 valence electrons. The molecule has 5 nitrogen and oxygen atoms in total. The second-order valence-corrected chi connectivity index (χ2v) is 9.01. The third kappa shape index (κ3) is 5.59. The van der Waals surface area contributed by atoms with Crippen molar-refractivity contribution >= 4 is 40.6 Å². The van der Waals surface area contributed by atoms with Gasteiger partial charge in [-0.3, -0.25) is 4.79 Å². The molecule has 0 N–H and O–H groups in total. The lowest BCUT2D eigenvalue weighted by atomic mass is 10.2. The smallest absolute Gasteiger partial charge is 0.257 e. The van der Waals surface area contributed by atoms with Gasteiger partial charge in [-0.25, -0.2) is 0 Å². The van der Waals surface area contributed by atoms with Gasteiger partial charge in [0.2, 0.25) is 11.8 Å². The zero-order valence-electron chi connectivity index (χ0n) is 15.8. The van der Waals surface area contributed by atoms with Crippen molar-refractivity contribution in [1.82, 2.24) is 15.1 Å². The average Bonchev–Trinajstić information content (AvgIpc) is 3.37. The maximum Gasteiger partial charge on any atom is 0.257 e. The molecule has 0 saturated carbocycles. The van der Waals surface area contributed by atoms with E-state index in [1.54, 1.807) is 28.0 Å². The number of benzene rings is 1. The average molecular weight is 436 g/mol. The predicted molar refractivity (Wildman–Crippen MR) is 116 cm³/mol. The summed E-state index contributed by atoms with van der Waals surface area (Å²) in [7, 11) is 0. The number of nitrogens with zero attached hydrogens (tertiary/aromatic N) is 3. The number of aromatic nitrogens is 2. The first-order valence-corrected chi connectivity index (χ1v) is 11.4. The molecule has 1 unspecified atom stereocenters. The van der Waals surface area contributed by atoms with Crippen LogP contribution in [0.25, 0.3) is 10.8 Å². The standard InChI is InChI=1S/C20H22ClN3O2S2/c1-3-10-24(12-18-22-23-20(26-18)17-5-4-11-27-17)19(25)13-28-14(2)15-6-8-16(21)9-7-15/h4-9,11,14H,3,10,12-13H2,1-2H3. The van der Waals surface area contributed by atoms with Crippen LogP contribution < -0.4 is 0 Å². The predicted octanol–water partition coefficient (Wildman–Crippen LogP) is 5.68. The van der Waals surface area contributed by atoms with E-state index in [2.05, 4.69) is 24.0 Å². The number of amides is 1. The van der Waals surface area contributed by atoms with Crippen molar-refractivity contribution in [1.29, 1.82) is 0 Å². The Morgan fingerprint density at radius 1 is 1.29 bits per heavy atom. The number of carbonyl (C=O) groups is 1. The van der Waals surface area contributed by atoms with Crippen molar-refractivity contribution in [3.05, 3.63) is 58.3 Å². The molecule has 0 fully saturated rings. The normalized spacial score (nSPS) is 12.1. The number of hydrogen-bond donors (Lipinski definition) is 0. The van der Waals surface area contributed by atoms with Crippen LogP contribution in [0.4, 0.5) is 0 Å². The molecule has 0 aliphatic rings. The number of carbonyl (C=O) groups excluding carboxylic acids is 1. The quantitative estimate of drug-likeness (QED) is 0.432. The molecule has 3 aromatic rings. The van der Waals surface area contributed by atoms with Crippen molar-refractivity contribution in [3.8, 4) is 10.8 Å². The summed E-state index contributed by atoms with van der Waals surface area (Å²) in [6.45, 7) is 5.14. The van der Waals surface area contributed by atoms with Crippen LogP contribution in [0, 0.1) is 0 Å². The molecule has 0 aliphatic heterocycles. The minimum atomic E-state index is 0.0727. The third-order valence-corrected chi connectivity index (χ3v) is 6.46. The molecule has 0 bridgehead atoms. The van der Waals surface area contributed by atoms with Gasteiger partial charge in [0.1, 0.15) is 0 Å². The Morgan fingerprint density at radius 3 is 2.75 bits per heavy atom. The first-order chi connectivity index (χ1) is 13.6. The fourth-order valence-corrected chi connectivity index (χ4v) is 4.35. The van der Waals surface area contributed by atoms with Gasteiger partial charge in [-0.15, -0.1) is 33.3 Å². The van der Waals surface area contributed by atoms with Crippen molar-refractivity contribution in [2.24, 2.45) is 0 Å². The van der Waals surface area contributed by atoms with Gasteiger partial charge >= 0.3 is 0 Å². The van der Waals surface area contributed by atoms with Crippen molar-refractivity contribution < 1.29 is 9.21 Å². The lowest BCUT2D eigenvalue weighted by Gasteiger charge is -2.21. The van der Waals surface area contributed by atoms with E-state index in [4.69, 9.17) is 16.0 Å². The fraction of sp³-hybridized carbons (Fsp3) is 0.350. The van der Waals surface area contributed by atoms with Crippen LogP contribution in [0.5, 0.6) is 0 Å². The molecule has 0 saturated heterocycles. The highest BCUT2D eigenvalue weighted by Gasteiger charge is 2.19. The molecule has 0 aliphatic carbocycles. The van der Waals surface area contributed by atoms with E-state index in [1.165, 1.54) is 0 Å². The molecular weight excluding hydrogens is 414 g/mol. The zero-order chi connectivity index (χ0) is 19.9. The Bertz CT molecular complexity index is 881. The van der Waals surface area contributed by atoms with E-state index in [1.807, 2.05) is 41.8 Å². The summed E-state index contributed by atoms with van der Waals surface area (Å²) < 4.78 is 5.74. The Hall–Kier alpha value is -1.83. The first-order valence-electron chi connectivity index (χ1n) is 9.08. The molecule has 1 amide bonds. The molecule has 28 heavy (non-hydrogen) atoms. The lowest BCUT2D eigenvalue weighted by Crippen LogP contribution is -2.33. The molecule has 0 radical (unpaired) electrons.